The summed E-state index contributed by atoms with van der Waals surface area (Å²) in [4.78, 5) is 33.2. The van der Waals surface area contributed by atoms with Gasteiger partial charge in [0.15, 0.2) is 0 Å². The molecule has 0 saturated heterocycles. The highest BCUT2D eigenvalue weighted by Crippen LogP contribution is 2.12. The number of esters is 1. The number of hydrogen-bond donors (Lipinski definition) is 0. The second-order valence-electron chi connectivity index (χ2n) is 9.36. The van der Waals surface area contributed by atoms with Gasteiger partial charge in [0.05, 0.1) is 13.2 Å². The van der Waals surface area contributed by atoms with Crippen LogP contribution in [0.1, 0.15) is 155 Å². The molecule has 0 aromatic heterocycles. The van der Waals surface area contributed by atoms with Crippen LogP contribution in [0.4, 0.5) is 0 Å². The number of unbranched alkanes of at least 4 members (excludes halogenated alkanes) is 17. The summed E-state index contributed by atoms with van der Waals surface area (Å²) < 4.78 is 5.25. The van der Waals surface area contributed by atoms with Crippen LogP contribution in [0.2, 0.25) is 0 Å². The van der Waals surface area contributed by atoms with Crippen molar-refractivity contribution in [3.8, 4) is 0 Å². The van der Waals surface area contributed by atoms with E-state index in [0.29, 0.717) is 32.5 Å². The van der Waals surface area contributed by atoms with Crippen molar-refractivity contribution >= 4 is 11.9 Å². The summed E-state index contributed by atoms with van der Waals surface area (Å²) in [6.45, 7) is 5.23. The van der Waals surface area contributed by atoms with Gasteiger partial charge in [0, 0.05) is 12.8 Å². The second-order valence-corrected chi connectivity index (χ2v) is 9.36. The highest BCUT2D eigenvalue weighted by molar-refractivity contribution is 5.69. The van der Waals surface area contributed by atoms with Crippen LogP contribution in [0.15, 0.2) is 0 Å². The predicted octanol–water partition coefficient (Wildman–Crippen LogP) is 8.63. The second kappa shape index (κ2) is 27.1. The molecule has 0 aromatic rings. The molecule has 0 saturated carbocycles. The third-order valence-corrected chi connectivity index (χ3v) is 6.01. The molecule has 0 amide bonds. The van der Waals surface area contributed by atoms with Crippen LogP contribution in [-0.4, -0.2) is 25.2 Å². The molecule has 0 radical (unpaired) electrons. The van der Waals surface area contributed by atoms with Gasteiger partial charge in [-0.15, -0.1) is 0 Å². The van der Waals surface area contributed by atoms with Crippen LogP contribution >= 0.6 is 0 Å². The van der Waals surface area contributed by atoms with E-state index in [1.54, 1.807) is 0 Å². The summed E-state index contributed by atoms with van der Waals surface area (Å²) in [5.74, 6) is -0.392. The number of ether oxygens (including phenoxy) is 1. The Kier molecular flexibility index (Phi) is 26.2. The van der Waals surface area contributed by atoms with E-state index in [1.807, 2.05) is 0 Å². The minimum absolute atomic E-state index is 0.105. The van der Waals surface area contributed by atoms with E-state index in [2.05, 4.69) is 13.8 Å². The average molecular weight is 471 g/mol. The summed E-state index contributed by atoms with van der Waals surface area (Å²) in [5.41, 5.74) is 0. The fourth-order valence-corrected chi connectivity index (χ4v) is 3.83. The zero-order valence-corrected chi connectivity index (χ0v) is 22.0. The lowest BCUT2D eigenvalue weighted by molar-refractivity contribution is -0.272. The van der Waals surface area contributed by atoms with E-state index in [0.717, 1.165) is 32.1 Å². The van der Waals surface area contributed by atoms with Crippen LogP contribution < -0.4 is 0 Å². The Balaban J connectivity index is 3.26. The van der Waals surface area contributed by atoms with Crippen molar-refractivity contribution < 1.29 is 24.1 Å². The molecule has 0 heterocycles. The molecule has 5 nitrogen and oxygen atoms in total. The standard InChI is InChI=1S/C28H54O5/c1-3-5-7-9-11-13-15-17-19-23-27(29)31-25-21-22-26-32-33-28(30)24-20-18-16-14-12-10-8-6-4-2/h3-26H2,1-2H3. The van der Waals surface area contributed by atoms with Crippen molar-refractivity contribution in [1.29, 1.82) is 0 Å². The molecule has 0 bridgehead atoms. The fourth-order valence-electron chi connectivity index (χ4n) is 3.83. The minimum Gasteiger partial charge on any atom is -0.466 e. The van der Waals surface area contributed by atoms with Gasteiger partial charge in [0.2, 0.25) is 0 Å². The molecule has 0 spiro atoms. The highest BCUT2D eigenvalue weighted by atomic mass is 17.2. The molecule has 196 valence electrons. The predicted molar refractivity (Wildman–Crippen MR) is 136 cm³/mol. The molecule has 33 heavy (non-hydrogen) atoms. The molecule has 0 atom stereocenters. The van der Waals surface area contributed by atoms with E-state index in [1.165, 1.54) is 89.9 Å². The third-order valence-electron chi connectivity index (χ3n) is 6.01. The zero-order valence-electron chi connectivity index (χ0n) is 22.0. The zero-order chi connectivity index (χ0) is 24.2. The van der Waals surface area contributed by atoms with E-state index in [4.69, 9.17) is 14.5 Å². The van der Waals surface area contributed by atoms with Crippen molar-refractivity contribution in [2.24, 2.45) is 0 Å². The molecule has 0 aliphatic rings. The van der Waals surface area contributed by atoms with Crippen LogP contribution in [0.25, 0.3) is 0 Å². The molecule has 0 aromatic carbocycles. The van der Waals surface area contributed by atoms with Gasteiger partial charge in [-0.25, -0.2) is 4.79 Å². The van der Waals surface area contributed by atoms with Gasteiger partial charge in [-0.3, -0.25) is 9.68 Å². The SMILES string of the molecule is CCCCCCCCCCCC(=O)OCCCCOOC(=O)CCCCCCCCCCC. The van der Waals surface area contributed by atoms with Crippen molar-refractivity contribution in [3.05, 3.63) is 0 Å². The van der Waals surface area contributed by atoms with Crippen LogP contribution in [0.3, 0.4) is 0 Å². The molecule has 0 aliphatic heterocycles. The molecular formula is C28H54O5. The van der Waals surface area contributed by atoms with Gasteiger partial charge in [-0.1, -0.05) is 117 Å². The Bertz CT molecular complexity index is 387. The largest absolute Gasteiger partial charge is 0.466 e. The number of carbonyl (C=O) groups is 2. The average Bonchev–Trinajstić information content (AvgIpc) is 2.81. The van der Waals surface area contributed by atoms with Crippen molar-refractivity contribution in [2.45, 2.75) is 155 Å². The first kappa shape index (κ1) is 31.9. The van der Waals surface area contributed by atoms with Gasteiger partial charge in [0.1, 0.15) is 0 Å². The van der Waals surface area contributed by atoms with Gasteiger partial charge in [0.25, 0.3) is 0 Å². The molecule has 0 rings (SSSR count). The summed E-state index contributed by atoms with van der Waals surface area (Å²) in [5, 5.41) is 0. The lowest BCUT2D eigenvalue weighted by Gasteiger charge is -2.06. The highest BCUT2D eigenvalue weighted by Gasteiger charge is 2.05. The van der Waals surface area contributed by atoms with Gasteiger partial charge in [-0.2, -0.15) is 4.89 Å². The summed E-state index contributed by atoms with van der Waals surface area (Å²) in [7, 11) is 0. The van der Waals surface area contributed by atoms with Crippen molar-refractivity contribution in [2.75, 3.05) is 13.2 Å². The summed E-state index contributed by atoms with van der Waals surface area (Å²) >= 11 is 0. The van der Waals surface area contributed by atoms with Crippen molar-refractivity contribution in [1.82, 2.24) is 0 Å². The fraction of sp³-hybridized carbons (Fsp3) is 0.929. The van der Waals surface area contributed by atoms with E-state index in [-0.39, 0.29) is 11.9 Å². The lowest BCUT2D eigenvalue weighted by Crippen LogP contribution is -2.08. The van der Waals surface area contributed by atoms with E-state index < -0.39 is 0 Å². The first-order valence-electron chi connectivity index (χ1n) is 14.2. The van der Waals surface area contributed by atoms with Gasteiger partial charge < -0.3 is 4.74 Å². The number of carbonyl (C=O) groups excluding carboxylic acids is 2. The Morgan fingerprint density at radius 1 is 0.455 bits per heavy atom. The smallest absolute Gasteiger partial charge is 0.342 e. The molecular weight excluding hydrogens is 416 g/mol. The number of hydrogen-bond acceptors (Lipinski definition) is 5. The molecule has 0 fully saturated rings. The first-order chi connectivity index (χ1) is 16.2. The summed E-state index contributed by atoms with van der Waals surface area (Å²) in [6.07, 6.45) is 24.6. The van der Waals surface area contributed by atoms with E-state index in [9.17, 15) is 9.59 Å². The lowest BCUT2D eigenvalue weighted by atomic mass is 10.1. The maximum atomic E-state index is 11.7. The monoisotopic (exact) mass is 470 g/mol. The first-order valence-corrected chi connectivity index (χ1v) is 14.2. The molecule has 0 unspecified atom stereocenters. The van der Waals surface area contributed by atoms with Crippen LogP contribution in [-0.2, 0) is 24.1 Å². The third kappa shape index (κ3) is 27.0. The Hall–Kier alpha value is -1.10. The number of rotatable bonds is 26. The maximum Gasteiger partial charge on any atom is 0.342 e. The quantitative estimate of drug-likeness (QED) is 0.0548. The molecule has 5 heteroatoms. The Morgan fingerprint density at radius 2 is 0.848 bits per heavy atom. The van der Waals surface area contributed by atoms with Gasteiger partial charge >= 0.3 is 11.9 Å². The molecule has 0 aliphatic carbocycles. The van der Waals surface area contributed by atoms with E-state index >= 15 is 0 Å². The van der Waals surface area contributed by atoms with Gasteiger partial charge in [-0.05, 0) is 25.7 Å². The van der Waals surface area contributed by atoms with Crippen LogP contribution in [0.5, 0.6) is 0 Å². The van der Waals surface area contributed by atoms with Crippen LogP contribution in [0, 0.1) is 0 Å². The van der Waals surface area contributed by atoms with Crippen molar-refractivity contribution in [3.63, 3.8) is 0 Å². The normalized spacial score (nSPS) is 11.0. The summed E-state index contributed by atoms with van der Waals surface area (Å²) in [6, 6.07) is 0. The minimum atomic E-state index is -0.287. The molecule has 0 N–H and O–H groups in total. The Morgan fingerprint density at radius 3 is 1.33 bits per heavy atom. The maximum absolute atomic E-state index is 11.7. The Labute approximate surface area is 204 Å². The topological polar surface area (TPSA) is 61.8 Å².